The third-order valence-corrected chi connectivity index (χ3v) is 3.70. The summed E-state index contributed by atoms with van der Waals surface area (Å²) in [5, 5.41) is 0. The van der Waals surface area contributed by atoms with Crippen LogP contribution in [0, 0.1) is 12.3 Å². The minimum Gasteiger partial charge on any atom is -0.388 e. The molecule has 5 heteroatoms. The zero-order valence-corrected chi connectivity index (χ0v) is 12.0. The molecule has 2 heterocycles. The summed E-state index contributed by atoms with van der Waals surface area (Å²) in [4.78, 5) is 11.5. The van der Waals surface area contributed by atoms with Crippen molar-refractivity contribution in [2.24, 2.45) is 11.1 Å². The number of nitrogens with two attached hydrogens (primary N) is 1. The maximum Gasteiger partial charge on any atom is 0.226 e. The molecule has 1 aliphatic heterocycles. The molecule has 0 amide bonds. The lowest BCUT2D eigenvalue weighted by Crippen LogP contribution is -2.38. The molecule has 0 unspecified atom stereocenters. The second-order valence-corrected chi connectivity index (χ2v) is 6.15. The highest BCUT2D eigenvalue weighted by atomic mass is 32.1. The summed E-state index contributed by atoms with van der Waals surface area (Å²) in [5.41, 5.74) is 7.64. The lowest BCUT2D eigenvalue weighted by atomic mass is 9.83. The predicted molar refractivity (Wildman–Crippen MR) is 77.9 cm³/mol. The van der Waals surface area contributed by atoms with Crippen LogP contribution in [0.4, 0.5) is 5.95 Å². The van der Waals surface area contributed by atoms with Gasteiger partial charge in [-0.1, -0.05) is 26.1 Å². The topological polar surface area (TPSA) is 55.0 Å². The highest BCUT2D eigenvalue weighted by Crippen LogP contribution is 2.31. The number of aryl methyl sites for hydroxylation is 1. The van der Waals surface area contributed by atoms with Crippen LogP contribution in [0.25, 0.3) is 0 Å². The van der Waals surface area contributed by atoms with E-state index in [9.17, 15) is 0 Å². The first kappa shape index (κ1) is 13.2. The van der Waals surface area contributed by atoms with Crippen LogP contribution in [0.15, 0.2) is 6.07 Å². The predicted octanol–water partition coefficient (Wildman–Crippen LogP) is 2.05. The van der Waals surface area contributed by atoms with Crippen LogP contribution in [-0.2, 0) is 0 Å². The SMILES string of the molecule is Cc1cc(C(N)=S)nc(N2CCC(C)(C)CC2)n1. The Hall–Kier alpha value is -1.23. The number of piperidine rings is 1. The van der Waals surface area contributed by atoms with Crippen molar-refractivity contribution in [3.8, 4) is 0 Å². The molecule has 18 heavy (non-hydrogen) atoms. The van der Waals surface area contributed by atoms with Gasteiger partial charge in [0.05, 0.1) is 0 Å². The summed E-state index contributed by atoms with van der Waals surface area (Å²) in [7, 11) is 0. The number of rotatable bonds is 2. The molecule has 0 aromatic carbocycles. The summed E-state index contributed by atoms with van der Waals surface area (Å²) < 4.78 is 0. The highest BCUT2D eigenvalue weighted by molar-refractivity contribution is 7.80. The minimum atomic E-state index is 0.332. The first-order chi connectivity index (χ1) is 8.37. The van der Waals surface area contributed by atoms with Crippen molar-refractivity contribution in [1.82, 2.24) is 9.97 Å². The van der Waals surface area contributed by atoms with Crippen molar-refractivity contribution in [3.63, 3.8) is 0 Å². The molecule has 2 rings (SSSR count). The van der Waals surface area contributed by atoms with E-state index in [-0.39, 0.29) is 0 Å². The van der Waals surface area contributed by atoms with E-state index in [1.165, 1.54) is 0 Å². The number of hydrogen-bond acceptors (Lipinski definition) is 4. The van der Waals surface area contributed by atoms with Gasteiger partial charge in [0, 0.05) is 18.8 Å². The molecule has 0 saturated carbocycles. The van der Waals surface area contributed by atoms with E-state index in [0.29, 0.717) is 16.1 Å². The van der Waals surface area contributed by atoms with Gasteiger partial charge in [-0.2, -0.15) is 0 Å². The Kier molecular flexibility index (Phi) is 3.52. The highest BCUT2D eigenvalue weighted by Gasteiger charge is 2.26. The summed E-state index contributed by atoms with van der Waals surface area (Å²) in [5.74, 6) is 0.758. The second kappa shape index (κ2) is 4.80. The van der Waals surface area contributed by atoms with Crippen LogP contribution in [0.5, 0.6) is 0 Å². The minimum absolute atomic E-state index is 0.332. The van der Waals surface area contributed by atoms with E-state index in [2.05, 4.69) is 28.7 Å². The second-order valence-electron chi connectivity index (χ2n) is 5.71. The molecule has 1 fully saturated rings. The molecule has 0 spiro atoms. The lowest BCUT2D eigenvalue weighted by molar-refractivity contribution is 0.278. The molecule has 98 valence electrons. The molecule has 0 bridgehead atoms. The molecule has 1 aliphatic rings. The van der Waals surface area contributed by atoms with Gasteiger partial charge in [-0.25, -0.2) is 9.97 Å². The Bertz CT molecular complexity index is 460. The molecule has 0 aliphatic carbocycles. The molecule has 0 radical (unpaired) electrons. The maximum atomic E-state index is 5.65. The Morgan fingerprint density at radius 2 is 1.94 bits per heavy atom. The quantitative estimate of drug-likeness (QED) is 0.829. The van der Waals surface area contributed by atoms with E-state index in [4.69, 9.17) is 18.0 Å². The van der Waals surface area contributed by atoms with Crippen LogP contribution in [0.3, 0.4) is 0 Å². The molecule has 2 N–H and O–H groups in total. The van der Waals surface area contributed by atoms with Gasteiger partial charge in [0.15, 0.2) is 0 Å². The molecule has 1 aromatic rings. The largest absolute Gasteiger partial charge is 0.388 e. The van der Waals surface area contributed by atoms with E-state index >= 15 is 0 Å². The maximum absolute atomic E-state index is 5.65. The molecule has 0 atom stereocenters. The first-order valence-corrected chi connectivity index (χ1v) is 6.69. The molecule has 1 aromatic heterocycles. The smallest absolute Gasteiger partial charge is 0.226 e. The van der Waals surface area contributed by atoms with Crippen LogP contribution in [0.2, 0.25) is 0 Å². The van der Waals surface area contributed by atoms with E-state index in [1.807, 2.05) is 13.0 Å². The molecular formula is C13H20N4S. The normalized spacial score (nSPS) is 18.7. The van der Waals surface area contributed by atoms with Gasteiger partial charge in [0.1, 0.15) is 10.7 Å². The third kappa shape index (κ3) is 2.96. The van der Waals surface area contributed by atoms with Crippen molar-refractivity contribution >= 4 is 23.2 Å². The van der Waals surface area contributed by atoms with Gasteiger partial charge in [-0.15, -0.1) is 0 Å². The van der Waals surface area contributed by atoms with Crippen LogP contribution in [0.1, 0.15) is 38.1 Å². The fourth-order valence-electron chi connectivity index (χ4n) is 2.13. The van der Waals surface area contributed by atoms with Crippen molar-refractivity contribution in [1.29, 1.82) is 0 Å². The number of anilines is 1. The average molecular weight is 264 g/mol. The van der Waals surface area contributed by atoms with E-state index in [0.717, 1.165) is 37.6 Å². The monoisotopic (exact) mass is 264 g/mol. The summed E-state index contributed by atoms with van der Waals surface area (Å²) in [6.07, 6.45) is 2.32. The fraction of sp³-hybridized carbons (Fsp3) is 0.615. The van der Waals surface area contributed by atoms with Gasteiger partial charge in [0.25, 0.3) is 0 Å². The number of nitrogens with zero attached hydrogens (tertiary/aromatic N) is 3. The van der Waals surface area contributed by atoms with E-state index < -0.39 is 0 Å². The molecule has 4 nitrogen and oxygen atoms in total. The van der Waals surface area contributed by atoms with Crippen LogP contribution < -0.4 is 10.6 Å². The Morgan fingerprint density at radius 1 is 1.33 bits per heavy atom. The number of thiocarbonyl (C=S) groups is 1. The Labute approximate surface area is 114 Å². The Morgan fingerprint density at radius 3 is 2.50 bits per heavy atom. The standard InChI is InChI=1S/C13H20N4S/c1-9-8-10(11(14)18)16-12(15-9)17-6-4-13(2,3)5-7-17/h8H,4-7H2,1-3H3,(H2,14,18). The van der Waals surface area contributed by atoms with Crippen molar-refractivity contribution in [2.45, 2.75) is 33.6 Å². The summed E-state index contributed by atoms with van der Waals surface area (Å²) in [6.45, 7) is 8.55. The summed E-state index contributed by atoms with van der Waals surface area (Å²) in [6, 6.07) is 1.83. The van der Waals surface area contributed by atoms with Gasteiger partial charge in [-0.05, 0) is 31.2 Å². The number of aromatic nitrogens is 2. The fourth-order valence-corrected chi connectivity index (χ4v) is 2.24. The zero-order chi connectivity index (χ0) is 13.3. The first-order valence-electron chi connectivity index (χ1n) is 6.28. The molecular weight excluding hydrogens is 244 g/mol. The van der Waals surface area contributed by atoms with Gasteiger partial charge < -0.3 is 10.6 Å². The lowest BCUT2D eigenvalue weighted by Gasteiger charge is -2.37. The summed E-state index contributed by atoms with van der Waals surface area (Å²) >= 11 is 4.99. The number of hydrogen-bond donors (Lipinski definition) is 1. The van der Waals surface area contributed by atoms with Crippen molar-refractivity contribution < 1.29 is 0 Å². The van der Waals surface area contributed by atoms with Crippen molar-refractivity contribution in [3.05, 3.63) is 17.5 Å². The molecule has 1 saturated heterocycles. The van der Waals surface area contributed by atoms with Gasteiger partial charge in [-0.3, -0.25) is 0 Å². The average Bonchev–Trinajstić information content (AvgIpc) is 2.28. The Balaban J connectivity index is 2.21. The zero-order valence-electron chi connectivity index (χ0n) is 11.2. The van der Waals surface area contributed by atoms with E-state index in [1.54, 1.807) is 0 Å². The van der Waals surface area contributed by atoms with Crippen molar-refractivity contribution in [2.75, 3.05) is 18.0 Å². The third-order valence-electron chi connectivity index (χ3n) is 3.49. The van der Waals surface area contributed by atoms with Gasteiger partial charge >= 0.3 is 0 Å². The van der Waals surface area contributed by atoms with Crippen LogP contribution >= 0.6 is 12.2 Å². The van der Waals surface area contributed by atoms with Crippen LogP contribution in [-0.4, -0.2) is 28.0 Å². The van der Waals surface area contributed by atoms with Gasteiger partial charge in [0.2, 0.25) is 5.95 Å².